The van der Waals surface area contributed by atoms with Gasteiger partial charge in [0.15, 0.2) is 0 Å². The molecule has 4 rings (SSSR count). The number of piperidine rings is 1. The first-order chi connectivity index (χ1) is 13.6. The van der Waals surface area contributed by atoms with Crippen molar-refractivity contribution in [3.63, 3.8) is 0 Å². The van der Waals surface area contributed by atoms with Gasteiger partial charge in [-0.05, 0) is 35.2 Å². The van der Waals surface area contributed by atoms with Crippen LogP contribution in [0, 0.1) is 11.7 Å². The summed E-state index contributed by atoms with van der Waals surface area (Å²) in [4.78, 5) is 0. The number of nitrogens with one attached hydrogen (secondary N) is 1. The number of hydrogen-bond donors (Lipinski definition) is 2. The minimum absolute atomic E-state index is 0.000194. The molecule has 2 nitrogen and oxygen atoms in total. The van der Waals surface area contributed by atoms with Gasteiger partial charge in [0.05, 0.1) is 5.60 Å². The third-order valence-electron chi connectivity index (χ3n) is 6.06. The standard InChI is InChI=1S/C25H26FNO/c1-2-22-24(19-11-7-4-8-12-19)27-23(18-9-5-3-6-10-18)17-25(22,28)20-13-15-21(26)16-14-20/h3-16,22-24,27-28H,2,17H2,1H3/t22-,23+,24-,25+/m1/s1. The smallest absolute Gasteiger partial charge is 0.123 e. The molecule has 0 bridgehead atoms. The molecule has 3 aromatic rings. The van der Waals surface area contributed by atoms with Crippen LogP contribution < -0.4 is 5.32 Å². The van der Waals surface area contributed by atoms with Gasteiger partial charge in [0.2, 0.25) is 0 Å². The Balaban J connectivity index is 1.81. The summed E-state index contributed by atoms with van der Waals surface area (Å²) in [6.07, 6.45) is 1.35. The molecule has 0 unspecified atom stereocenters. The molecule has 3 heteroatoms. The highest BCUT2D eigenvalue weighted by Gasteiger charge is 2.48. The number of hydrogen-bond acceptors (Lipinski definition) is 2. The second-order valence-corrected chi connectivity index (χ2v) is 7.67. The van der Waals surface area contributed by atoms with Gasteiger partial charge in [-0.3, -0.25) is 0 Å². The molecule has 1 heterocycles. The largest absolute Gasteiger partial charge is 0.385 e. The topological polar surface area (TPSA) is 32.3 Å². The van der Waals surface area contributed by atoms with Crippen LogP contribution in [0.4, 0.5) is 4.39 Å². The van der Waals surface area contributed by atoms with Crippen molar-refractivity contribution >= 4 is 0 Å². The molecule has 0 amide bonds. The number of rotatable bonds is 4. The van der Waals surface area contributed by atoms with Crippen LogP contribution in [-0.2, 0) is 5.60 Å². The Morgan fingerprint density at radius 1 is 0.893 bits per heavy atom. The molecule has 28 heavy (non-hydrogen) atoms. The van der Waals surface area contributed by atoms with E-state index in [-0.39, 0.29) is 23.8 Å². The Kier molecular flexibility index (Phi) is 5.29. The van der Waals surface area contributed by atoms with E-state index in [2.05, 4.69) is 36.5 Å². The Morgan fingerprint density at radius 3 is 2.04 bits per heavy atom. The van der Waals surface area contributed by atoms with Crippen LogP contribution in [0.1, 0.15) is 48.5 Å². The molecule has 1 aliphatic rings. The minimum atomic E-state index is -1.05. The number of aliphatic hydroxyl groups is 1. The second kappa shape index (κ2) is 7.86. The Labute approximate surface area is 166 Å². The zero-order valence-corrected chi connectivity index (χ0v) is 16.1. The quantitative estimate of drug-likeness (QED) is 0.630. The van der Waals surface area contributed by atoms with Gasteiger partial charge >= 0.3 is 0 Å². The van der Waals surface area contributed by atoms with E-state index in [1.54, 1.807) is 12.1 Å². The van der Waals surface area contributed by atoms with Crippen molar-refractivity contribution in [2.24, 2.45) is 5.92 Å². The summed E-state index contributed by atoms with van der Waals surface area (Å²) in [5.74, 6) is -0.311. The highest BCUT2D eigenvalue weighted by atomic mass is 19.1. The van der Waals surface area contributed by atoms with E-state index >= 15 is 0 Å². The summed E-state index contributed by atoms with van der Waals surface area (Å²) in [6, 6.07) is 26.9. The van der Waals surface area contributed by atoms with Crippen molar-refractivity contribution < 1.29 is 9.50 Å². The fourth-order valence-corrected chi connectivity index (χ4v) is 4.66. The van der Waals surface area contributed by atoms with Gasteiger partial charge in [-0.25, -0.2) is 4.39 Å². The first-order valence-electron chi connectivity index (χ1n) is 9.96. The van der Waals surface area contributed by atoms with Crippen LogP contribution >= 0.6 is 0 Å². The first kappa shape index (κ1) is 18.9. The first-order valence-corrected chi connectivity index (χ1v) is 9.96. The SMILES string of the molecule is CC[C@@H]1[C@@H](c2ccccc2)N[C@H](c2ccccc2)C[C@]1(O)c1ccc(F)cc1. The van der Waals surface area contributed by atoms with E-state index < -0.39 is 5.60 Å². The highest BCUT2D eigenvalue weighted by Crippen LogP contribution is 2.49. The molecule has 4 atom stereocenters. The molecule has 3 aromatic carbocycles. The number of halogens is 1. The van der Waals surface area contributed by atoms with Gasteiger partial charge in [-0.15, -0.1) is 0 Å². The van der Waals surface area contributed by atoms with Crippen LogP contribution in [0.25, 0.3) is 0 Å². The van der Waals surface area contributed by atoms with Gasteiger partial charge < -0.3 is 10.4 Å². The summed E-state index contributed by atoms with van der Waals surface area (Å²) >= 11 is 0. The zero-order chi connectivity index (χ0) is 19.6. The van der Waals surface area contributed by atoms with E-state index in [1.807, 2.05) is 36.4 Å². The lowest BCUT2D eigenvalue weighted by molar-refractivity contribution is -0.0830. The molecule has 0 aromatic heterocycles. The van der Waals surface area contributed by atoms with Crippen LogP contribution in [0.5, 0.6) is 0 Å². The molecule has 0 spiro atoms. The maximum Gasteiger partial charge on any atom is 0.123 e. The normalized spacial score (nSPS) is 27.5. The Bertz CT molecular complexity index is 897. The molecular formula is C25H26FNO. The predicted octanol–water partition coefficient (Wildman–Crippen LogP) is 5.52. The molecule has 2 N–H and O–H groups in total. The van der Waals surface area contributed by atoms with Crippen molar-refractivity contribution in [1.82, 2.24) is 5.32 Å². The zero-order valence-electron chi connectivity index (χ0n) is 16.1. The van der Waals surface area contributed by atoms with E-state index in [4.69, 9.17) is 0 Å². The lowest BCUT2D eigenvalue weighted by Gasteiger charge is -2.49. The van der Waals surface area contributed by atoms with Gasteiger partial charge in [0, 0.05) is 24.4 Å². The van der Waals surface area contributed by atoms with Crippen molar-refractivity contribution in [2.45, 2.75) is 37.5 Å². The predicted molar refractivity (Wildman–Crippen MR) is 110 cm³/mol. The van der Waals surface area contributed by atoms with Crippen LogP contribution in [-0.4, -0.2) is 5.11 Å². The minimum Gasteiger partial charge on any atom is -0.385 e. The van der Waals surface area contributed by atoms with E-state index in [1.165, 1.54) is 12.1 Å². The summed E-state index contributed by atoms with van der Waals surface area (Å²) in [7, 11) is 0. The van der Waals surface area contributed by atoms with Gasteiger partial charge in [-0.1, -0.05) is 79.7 Å². The number of benzene rings is 3. The van der Waals surface area contributed by atoms with Gasteiger partial charge in [0.25, 0.3) is 0 Å². The molecule has 1 fully saturated rings. The molecule has 0 saturated carbocycles. The summed E-state index contributed by atoms with van der Waals surface area (Å²) in [5.41, 5.74) is 2.05. The van der Waals surface area contributed by atoms with Crippen molar-refractivity contribution in [1.29, 1.82) is 0 Å². The average Bonchev–Trinajstić information content (AvgIpc) is 2.75. The highest BCUT2D eigenvalue weighted by molar-refractivity contribution is 5.32. The second-order valence-electron chi connectivity index (χ2n) is 7.67. The third kappa shape index (κ3) is 3.48. The fourth-order valence-electron chi connectivity index (χ4n) is 4.66. The van der Waals surface area contributed by atoms with Crippen molar-refractivity contribution in [2.75, 3.05) is 0 Å². The molecule has 1 aliphatic heterocycles. The van der Waals surface area contributed by atoms with Gasteiger partial charge in [-0.2, -0.15) is 0 Å². The maximum atomic E-state index is 13.5. The van der Waals surface area contributed by atoms with Crippen molar-refractivity contribution in [3.05, 3.63) is 107 Å². The molecule has 144 valence electrons. The van der Waals surface area contributed by atoms with Crippen molar-refractivity contribution in [3.8, 4) is 0 Å². The van der Waals surface area contributed by atoms with Gasteiger partial charge in [0.1, 0.15) is 5.82 Å². The van der Waals surface area contributed by atoms with E-state index in [0.29, 0.717) is 6.42 Å². The monoisotopic (exact) mass is 375 g/mol. The average molecular weight is 375 g/mol. The maximum absolute atomic E-state index is 13.5. The summed E-state index contributed by atoms with van der Waals surface area (Å²) in [6.45, 7) is 2.11. The molecular weight excluding hydrogens is 349 g/mol. The lowest BCUT2D eigenvalue weighted by atomic mass is 9.67. The van der Waals surface area contributed by atoms with Crippen LogP contribution in [0.3, 0.4) is 0 Å². The Morgan fingerprint density at radius 2 is 1.46 bits per heavy atom. The summed E-state index contributed by atoms with van der Waals surface area (Å²) < 4.78 is 13.5. The molecule has 0 radical (unpaired) electrons. The molecule has 1 saturated heterocycles. The third-order valence-corrected chi connectivity index (χ3v) is 6.06. The van der Waals surface area contributed by atoms with E-state index in [9.17, 15) is 9.50 Å². The van der Waals surface area contributed by atoms with Crippen LogP contribution in [0.2, 0.25) is 0 Å². The van der Waals surface area contributed by atoms with E-state index in [0.717, 1.165) is 23.1 Å². The molecule has 0 aliphatic carbocycles. The summed E-state index contributed by atoms with van der Waals surface area (Å²) in [5, 5.41) is 15.8. The fraction of sp³-hybridized carbons (Fsp3) is 0.280. The Hall–Kier alpha value is -2.49. The van der Waals surface area contributed by atoms with Crippen LogP contribution in [0.15, 0.2) is 84.9 Å². The lowest BCUT2D eigenvalue weighted by Crippen LogP contribution is -2.51.